The summed E-state index contributed by atoms with van der Waals surface area (Å²) in [7, 11) is 0. The Labute approximate surface area is 126 Å². The van der Waals surface area contributed by atoms with Crippen LogP contribution in [0.15, 0.2) is 30.6 Å². The molecule has 2 rings (SSSR count). The molecule has 0 unspecified atom stereocenters. The largest absolute Gasteiger partial charge is 0.310 e. The van der Waals surface area contributed by atoms with Gasteiger partial charge < -0.3 is 9.88 Å². The number of rotatable bonds is 6. The van der Waals surface area contributed by atoms with Crippen LogP contribution < -0.4 is 5.32 Å². The van der Waals surface area contributed by atoms with Crippen molar-refractivity contribution in [1.29, 1.82) is 0 Å². The fraction of sp³-hybridized carbons (Fsp3) is 0.438. The number of aryl methyl sites for hydroxylation is 1. The predicted octanol–water partition coefficient (Wildman–Crippen LogP) is 3.98. The SMILES string of the molecule is CCCc1nccn1-c1c(Cl)cccc1CNC(C)C. The van der Waals surface area contributed by atoms with E-state index in [1.54, 1.807) is 0 Å². The number of imidazole rings is 1. The monoisotopic (exact) mass is 291 g/mol. The van der Waals surface area contributed by atoms with Gasteiger partial charge in [0.05, 0.1) is 10.7 Å². The molecule has 0 saturated carbocycles. The minimum atomic E-state index is 0.444. The zero-order chi connectivity index (χ0) is 14.5. The highest BCUT2D eigenvalue weighted by atomic mass is 35.5. The van der Waals surface area contributed by atoms with Crippen LogP contribution in [0.2, 0.25) is 5.02 Å². The van der Waals surface area contributed by atoms with Gasteiger partial charge in [-0.05, 0) is 18.1 Å². The van der Waals surface area contributed by atoms with Crippen LogP contribution in [0.3, 0.4) is 0 Å². The highest BCUT2D eigenvalue weighted by Gasteiger charge is 2.12. The summed E-state index contributed by atoms with van der Waals surface area (Å²) in [5.74, 6) is 1.06. The van der Waals surface area contributed by atoms with E-state index >= 15 is 0 Å². The molecule has 4 heteroatoms. The number of para-hydroxylation sites is 1. The van der Waals surface area contributed by atoms with Gasteiger partial charge in [0.25, 0.3) is 0 Å². The zero-order valence-electron chi connectivity index (χ0n) is 12.4. The van der Waals surface area contributed by atoms with Gasteiger partial charge in [-0.1, -0.05) is 44.5 Å². The van der Waals surface area contributed by atoms with E-state index in [1.807, 2.05) is 24.5 Å². The normalized spacial score (nSPS) is 11.2. The van der Waals surface area contributed by atoms with E-state index in [0.29, 0.717) is 6.04 Å². The smallest absolute Gasteiger partial charge is 0.113 e. The van der Waals surface area contributed by atoms with E-state index in [4.69, 9.17) is 11.6 Å². The van der Waals surface area contributed by atoms with Crippen molar-refractivity contribution in [3.63, 3.8) is 0 Å². The first-order chi connectivity index (χ1) is 9.63. The first kappa shape index (κ1) is 15.1. The van der Waals surface area contributed by atoms with E-state index < -0.39 is 0 Å². The molecule has 0 radical (unpaired) electrons. The maximum absolute atomic E-state index is 6.43. The Kier molecular flexibility index (Phi) is 5.21. The third-order valence-corrected chi connectivity index (χ3v) is 3.51. The third kappa shape index (κ3) is 3.41. The maximum Gasteiger partial charge on any atom is 0.113 e. The maximum atomic E-state index is 6.43. The molecular formula is C16H22ClN3. The van der Waals surface area contributed by atoms with E-state index in [1.165, 1.54) is 5.56 Å². The molecule has 0 atom stereocenters. The van der Waals surface area contributed by atoms with Crippen LogP contribution in [0.4, 0.5) is 0 Å². The van der Waals surface area contributed by atoms with E-state index in [0.717, 1.165) is 35.9 Å². The lowest BCUT2D eigenvalue weighted by Gasteiger charge is -2.16. The van der Waals surface area contributed by atoms with Crippen LogP contribution in [0, 0.1) is 0 Å². The van der Waals surface area contributed by atoms with Crippen LogP contribution in [0.5, 0.6) is 0 Å². The predicted molar refractivity (Wildman–Crippen MR) is 84.5 cm³/mol. The summed E-state index contributed by atoms with van der Waals surface area (Å²) >= 11 is 6.43. The number of benzene rings is 1. The Balaban J connectivity index is 2.41. The van der Waals surface area contributed by atoms with Crippen LogP contribution in [-0.2, 0) is 13.0 Å². The van der Waals surface area contributed by atoms with Gasteiger partial charge in [0.1, 0.15) is 5.82 Å². The molecule has 0 fully saturated rings. The molecule has 1 N–H and O–H groups in total. The third-order valence-electron chi connectivity index (χ3n) is 3.20. The van der Waals surface area contributed by atoms with Gasteiger partial charge >= 0.3 is 0 Å². The first-order valence-electron chi connectivity index (χ1n) is 7.16. The van der Waals surface area contributed by atoms with E-state index in [2.05, 4.69) is 41.7 Å². The second kappa shape index (κ2) is 6.91. The van der Waals surface area contributed by atoms with Gasteiger partial charge in [-0.15, -0.1) is 0 Å². The summed E-state index contributed by atoms with van der Waals surface area (Å²) in [6.45, 7) is 7.25. The number of nitrogens with zero attached hydrogens (tertiary/aromatic N) is 2. The zero-order valence-corrected chi connectivity index (χ0v) is 13.1. The van der Waals surface area contributed by atoms with Gasteiger partial charge in [-0.3, -0.25) is 0 Å². The van der Waals surface area contributed by atoms with Crippen molar-refractivity contribution in [2.75, 3.05) is 0 Å². The molecular weight excluding hydrogens is 270 g/mol. The van der Waals surface area contributed by atoms with Crippen molar-refractivity contribution < 1.29 is 0 Å². The lowest BCUT2D eigenvalue weighted by molar-refractivity contribution is 0.587. The second-order valence-electron chi connectivity index (χ2n) is 5.25. The summed E-state index contributed by atoms with van der Waals surface area (Å²) in [4.78, 5) is 4.44. The highest BCUT2D eigenvalue weighted by molar-refractivity contribution is 6.32. The molecule has 3 nitrogen and oxygen atoms in total. The second-order valence-corrected chi connectivity index (χ2v) is 5.65. The number of halogens is 1. The van der Waals surface area contributed by atoms with Crippen LogP contribution in [-0.4, -0.2) is 15.6 Å². The van der Waals surface area contributed by atoms with Gasteiger partial charge in [0.15, 0.2) is 0 Å². The van der Waals surface area contributed by atoms with Gasteiger partial charge in [-0.25, -0.2) is 4.98 Å². The Morgan fingerprint density at radius 3 is 2.85 bits per heavy atom. The molecule has 20 heavy (non-hydrogen) atoms. The molecule has 108 valence electrons. The molecule has 0 spiro atoms. The standard InChI is InChI=1S/C16H22ClN3/c1-4-6-15-18-9-10-20(15)16-13(11-19-12(2)3)7-5-8-14(16)17/h5,7-10,12,19H,4,6,11H2,1-3H3. The topological polar surface area (TPSA) is 29.9 Å². The van der Waals surface area contributed by atoms with Crippen molar-refractivity contribution in [2.45, 2.75) is 46.2 Å². The first-order valence-corrected chi connectivity index (χ1v) is 7.54. The van der Waals surface area contributed by atoms with Crippen LogP contribution >= 0.6 is 11.6 Å². The summed E-state index contributed by atoms with van der Waals surface area (Å²) in [5, 5.41) is 4.22. The lowest BCUT2D eigenvalue weighted by atomic mass is 10.1. The number of hydrogen-bond acceptors (Lipinski definition) is 2. The van der Waals surface area contributed by atoms with Gasteiger partial charge in [0, 0.05) is 31.4 Å². The van der Waals surface area contributed by atoms with Crippen molar-refractivity contribution in [1.82, 2.24) is 14.9 Å². The highest BCUT2D eigenvalue weighted by Crippen LogP contribution is 2.26. The molecule has 0 bridgehead atoms. The van der Waals surface area contributed by atoms with Crippen molar-refractivity contribution in [2.24, 2.45) is 0 Å². The molecule has 1 aromatic carbocycles. The molecule has 0 aliphatic rings. The summed E-state index contributed by atoms with van der Waals surface area (Å²) in [6, 6.07) is 6.50. The fourth-order valence-corrected chi connectivity index (χ4v) is 2.52. The molecule has 0 saturated heterocycles. The Bertz CT molecular complexity index is 561. The van der Waals surface area contributed by atoms with Crippen LogP contribution in [0.1, 0.15) is 38.6 Å². The lowest BCUT2D eigenvalue weighted by Crippen LogP contribution is -2.22. The van der Waals surface area contributed by atoms with Crippen LogP contribution in [0.25, 0.3) is 5.69 Å². The fourth-order valence-electron chi connectivity index (χ4n) is 2.23. The van der Waals surface area contributed by atoms with Crippen molar-refractivity contribution in [3.05, 3.63) is 47.0 Å². The summed E-state index contributed by atoms with van der Waals surface area (Å²) in [5.41, 5.74) is 2.24. The van der Waals surface area contributed by atoms with E-state index in [-0.39, 0.29) is 0 Å². The van der Waals surface area contributed by atoms with Gasteiger partial charge in [0.2, 0.25) is 0 Å². The Hall–Kier alpha value is -1.32. The average molecular weight is 292 g/mol. The molecule has 1 aromatic heterocycles. The van der Waals surface area contributed by atoms with E-state index in [9.17, 15) is 0 Å². The number of hydrogen-bond donors (Lipinski definition) is 1. The number of nitrogens with one attached hydrogen (secondary N) is 1. The quantitative estimate of drug-likeness (QED) is 0.872. The average Bonchev–Trinajstić information content (AvgIpc) is 2.85. The summed E-state index contributed by atoms with van der Waals surface area (Å²) < 4.78 is 2.11. The summed E-state index contributed by atoms with van der Waals surface area (Å²) in [6.07, 6.45) is 5.86. The minimum absolute atomic E-state index is 0.444. The number of aromatic nitrogens is 2. The molecule has 2 aromatic rings. The van der Waals surface area contributed by atoms with Gasteiger partial charge in [-0.2, -0.15) is 0 Å². The Morgan fingerprint density at radius 1 is 1.35 bits per heavy atom. The molecule has 0 aliphatic heterocycles. The van der Waals surface area contributed by atoms with Crippen molar-refractivity contribution in [3.8, 4) is 5.69 Å². The molecule has 0 aliphatic carbocycles. The molecule has 0 amide bonds. The minimum Gasteiger partial charge on any atom is -0.310 e. The van der Waals surface area contributed by atoms with Crippen molar-refractivity contribution >= 4 is 11.6 Å². The Morgan fingerprint density at radius 2 is 2.15 bits per heavy atom. The molecule has 1 heterocycles.